The van der Waals surface area contributed by atoms with Crippen molar-refractivity contribution in [3.05, 3.63) is 144 Å². The Morgan fingerprint density at radius 1 is 0.367 bits per heavy atom. The molecule has 144 valence electrons. The van der Waals surface area contributed by atoms with E-state index in [0.717, 1.165) is 6.42 Å². The smallest absolute Gasteiger partial charge is 0.0236 e. The van der Waals surface area contributed by atoms with Gasteiger partial charge in [-0.15, -0.1) is 0 Å². The average Bonchev–Trinajstić information content (AvgIpc) is 2.85. The Bertz CT molecular complexity index is 994. The lowest BCUT2D eigenvalue weighted by atomic mass is 9.90. The number of benzene rings is 4. The Kier molecular flexibility index (Phi) is 5.37. The fraction of sp³-hybridized carbons (Fsp3) is 0.0345. The van der Waals surface area contributed by atoms with E-state index >= 15 is 0 Å². The third-order valence-corrected chi connectivity index (χ3v) is 6.79. The molecule has 0 bridgehead atoms. The molecule has 0 N–H and O–H groups in total. The van der Waals surface area contributed by atoms with Gasteiger partial charge >= 0.3 is 0 Å². The molecule has 0 saturated carbocycles. The molecular formula is C29H22S. The third-order valence-electron chi connectivity index (χ3n) is 5.42. The summed E-state index contributed by atoms with van der Waals surface area (Å²) in [6.07, 6.45) is 0.912. The molecule has 1 aliphatic heterocycles. The second kappa shape index (κ2) is 8.61. The quantitative estimate of drug-likeness (QED) is 0.331. The second-order valence-corrected chi connectivity index (χ2v) is 8.38. The standard InChI is InChI=1S/C29H22S/c1-5-13-22(14-6-1)26-21-27(23-15-7-2-8-16-23)29(25-19-11-4-12-20-25)30-28(26)24-17-9-3-10-18-24/h1-20H,21H2. The van der Waals surface area contributed by atoms with Crippen LogP contribution < -0.4 is 0 Å². The zero-order valence-corrected chi connectivity index (χ0v) is 17.5. The first-order valence-electron chi connectivity index (χ1n) is 10.3. The Balaban J connectivity index is 1.72. The monoisotopic (exact) mass is 402 g/mol. The summed E-state index contributed by atoms with van der Waals surface area (Å²) in [5.41, 5.74) is 7.94. The fourth-order valence-corrected chi connectivity index (χ4v) is 5.29. The van der Waals surface area contributed by atoms with Crippen LogP contribution in [0.3, 0.4) is 0 Å². The summed E-state index contributed by atoms with van der Waals surface area (Å²) in [6.45, 7) is 0. The molecule has 0 saturated heterocycles. The lowest BCUT2D eigenvalue weighted by molar-refractivity contribution is 1.39. The van der Waals surface area contributed by atoms with Crippen molar-refractivity contribution in [1.82, 2.24) is 0 Å². The maximum absolute atomic E-state index is 2.23. The minimum atomic E-state index is 0.912. The van der Waals surface area contributed by atoms with Gasteiger partial charge in [-0.3, -0.25) is 0 Å². The van der Waals surface area contributed by atoms with Gasteiger partial charge in [-0.1, -0.05) is 133 Å². The summed E-state index contributed by atoms with van der Waals surface area (Å²) in [4.78, 5) is 2.70. The molecule has 5 rings (SSSR count). The summed E-state index contributed by atoms with van der Waals surface area (Å²) >= 11 is 1.90. The van der Waals surface area contributed by atoms with Crippen LogP contribution in [-0.4, -0.2) is 0 Å². The molecule has 0 atom stereocenters. The van der Waals surface area contributed by atoms with Crippen molar-refractivity contribution in [3.8, 4) is 0 Å². The van der Waals surface area contributed by atoms with Gasteiger partial charge in [0.2, 0.25) is 0 Å². The molecule has 1 aliphatic rings. The minimum Gasteiger partial charge on any atom is -0.0882 e. The number of thioether (sulfide) groups is 1. The SMILES string of the molecule is c1ccc(C2=C(c3ccccc3)SC(c3ccccc3)=C(c3ccccc3)C2)cc1. The minimum absolute atomic E-state index is 0.912. The van der Waals surface area contributed by atoms with Crippen LogP contribution in [0, 0.1) is 0 Å². The molecule has 1 heterocycles. The molecule has 4 aromatic rings. The molecule has 0 nitrogen and oxygen atoms in total. The summed E-state index contributed by atoms with van der Waals surface area (Å²) in [5.74, 6) is 0. The van der Waals surface area contributed by atoms with Gasteiger partial charge in [0, 0.05) is 16.2 Å². The summed E-state index contributed by atoms with van der Waals surface area (Å²) < 4.78 is 0. The van der Waals surface area contributed by atoms with Gasteiger partial charge in [0.05, 0.1) is 0 Å². The highest BCUT2D eigenvalue weighted by molar-refractivity contribution is 8.17. The van der Waals surface area contributed by atoms with E-state index in [9.17, 15) is 0 Å². The predicted molar refractivity (Wildman–Crippen MR) is 132 cm³/mol. The van der Waals surface area contributed by atoms with Gasteiger partial charge in [-0.25, -0.2) is 0 Å². The Morgan fingerprint density at radius 2 is 0.667 bits per heavy atom. The molecule has 0 unspecified atom stereocenters. The summed E-state index contributed by atoms with van der Waals surface area (Å²) in [7, 11) is 0. The molecule has 0 aliphatic carbocycles. The van der Waals surface area contributed by atoms with Crippen LogP contribution in [0.4, 0.5) is 0 Å². The van der Waals surface area contributed by atoms with E-state index in [1.807, 2.05) is 11.8 Å². The van der Waals surface area contributed by atoms with E-state index in [1.165, 1.54) is 43.2 Å². The molecular weight excluding hydrogens is 380 g/mol. The molecule has 30 heavy (non-hydrogen) atoms. The van der Waals surface area contributed by atoms with Crippen LogP contribution in [0.5, 0.6) is 0 Å². The van der Waals surface area contributed by atoms with Crippen molar-refractivity contribution in [3.63, 3.8) is 0 Å². The summed E-state index contributed by atoms with van der Waals surface area (Å²) in [5, 5.41) is 0. The van der Waals surface area contributed by atoms with Crippen molar-refractivity contribution in [2.24, 2.45) is 0 Å². The van der Waals surface area contributed by atoms with Gasteiger partial charge in [0.1, 0.15) is 0 Å². The normalized spacial score (nSPS) is 14.1. The number of hydrogen-bond donors (Lipinski definition) is 0. The van der Waals surface area contributed by atoms with Crippen LogP contribution in [-0.2, 0) is 0 Å². The van der Waals surface area contributed by atoms with E-state index in [1.54, 1.807) is 0 Å². The van der Waals surface area contributed by atoms with Crippen molar-refractivity contribution in [2.45, 2.75) is 6.42 Å². The second-order valence-electron chi connectivity index (χ2n) is 7.36. The highest BCUT2D eigenvalue weighted by Gasteiger charge is 2.25. The lowest BCUT2D eigenvalue weighted by Crippen LogP contribution is -2.01. The fourth-order valence-electron chi connectivity index (χ4n) is 3.95. The van der Waals surface area contributed by atoms with Gasteiger partial charge in [-0.05, 0) is 33.4 Å². The van der Waals surface area contributed by atoms with Gasteiger partial charge in [0.15, 0.2) is 0 Å². The maximum atomic E-state index is 2.23. The van der Waals surface area contributed by atoms with E-state index in [-0.39, 0.29) is 0 Å². The number of hydrogen-bond acceptors (Lipinski definition) is 1. The van der Waals surface area contributed by atoms with Crippen LogP contribution in [0.1, 0.15) is 28.7 Å². The molecule has 0 radical (unpaired) electrons. The average molecular weight is 403 g/mol. The highest BCUT2D eigenvalue weighted by atomic mass is 32.2. The van der Waals surface area contributed by atoms with Crippen LogP contribution >= 0.6 is 11.8 Å². The molecule has 0 fully saturated rings. The molecule has 0 spiro atoms. The van der Waals surface area contributed by atoms with Crippen molar-refractivity contribution in [1.29, 1.82) is 0 Å². The van der Waals surface area contributed by atoms with Gasteiger partial charge in [0.25, 0.3) is 0 Å². The van der Waals surface area contributed by atoms with Crippen LogP contribution in [0.2, 0.25) is 0 Å². The first-order chi connectivity index (χ1) is 14.9. The van der Waals surface area contributed by atoms with Crippen molar-refractivity contribution >= 4 is 32.7 Å². The van der Waals surface area contributed by atoms with Gasteiger partial charge < -0.3 is 0 Å². The molecule has 0 amide bonds. The largest absolute Gasteiger partial charge is 0.0882 e. The number of rotatable bonds is 4. The molecule has 0 aromatic heterocycles. The van der Waals surface area contributed by atoms with E-state index < -0.39 is 0 Å². The van der Waals surface area contributed by atoms with E-state index in [4.69, 9.17) is 0 Å². The zero-order chi connectivity index (χ0) is 20.2. The van der Waals surface area contributed by atoms with Crippen LogP contribution in [0.15, 0.2) is 121 Å². The third kappa shape index (κ3) is 3.77. The van der Waals surface area contributed by atoms with Gasteiger partial charge in [-0.2, -0.15) is 0 Å². The first-order valence-corrected chi connectivity index (χ1v) is 11.1. The Morgan fingerprint density at radius 3 is 1.00 bits per heavy atom. The van der Waals surface area contributed by atoms with Crippen molar-refractivity contribution < 1.29 is 0 Å². The Hall–Kier alpha value is -3.29. The first kappa shape index (κ1) is 18.7. The highest BCUT2D eigenvalue weighted by Crippen LogP contribution is 2.53. The van der Waals surface area contributed by atoms with E-state index in [2.05, 4.69) is 121 Å². The Labute approximate surface area is 182 Å². The lowest BCUT2D eigenvalue weighted by Gasteiger charge is -2.27. The zero-order valence-electron chi connectivity index (χ0n) is 16.7. The van der Waals surface area contributed by atoms with Crippen LogP contribution in [0.25, 0.3) is 21.0 Å². The molecule has 4 aromatic carbocycles. The predicted octanol–water partition coefficient (Wildman–Crippen LogP) is 8.26. The van der Waals surface area contributed by atoms with E-state index in [0.29, 0.717) is 0 Å². The molecule has 1 heteroatoms. The van der Waals surface area contributed by atoms with Crippen molar-refractivity contribution in [2.75, 3.05) is 0 Å². The number of allylic oxidation sites excluding steroid dienone is 2. The maximum Gasteiger partial charge on any atom is 0.0236 e. The summed E-state index contributed by atoms with van der Waals surface area (Å²) in [6, 6.07) is 43.2. The topological polar surface area (TPSA) is 0 Å².